The highest BCUT2D eigenvalue weighted by Gasteiger charge is 2.22. The summed E-state index contributed by atoms with van der Waals surface area (Å²) in [6.07, 6.45) is 13.1. The predicted octanol–water partition coefficient (Wildman–Crippen LogP) is 8.79. The summed E-state index contributed by atoms with van der Waals surface area (Å²) < 4.78 is 150. The molecule has 2 amide bonds. The van der Waals surface area contributed by atoms with Crippen molar-refractivity contribution in [2.45, 2.75) is 121 Å². The highest BCUT2D eigenvalue weighted by molar-refractivity contribution is 7.91. The highest BCUT2D eigenvalue weighted by Crippen LogP contribution is 2.22. The molecule has 0 radical (unpaired) electrons. The fraction of sp³-hybridized carbons (Fsp3) is 0.250. The number of sulfonamides is 5. The Bertz CT molecular complexity index is 4680. The molecule has 0 bridgehead atoms. The number of anilines is 2. The van der Waals surface area contributed by atoms with Crippen LogP contribution in [-0.4, -0.2) is 111 Å². The summed E-state index contributed by atoms with van der Waals surface area (Å²) >= 11 is 0. The minimum atomic E-state index is -3.76. The van der Waals surface area contributed by atoms with Crippen molar-refractivity contribution in [3.63, 3.8) is 0 Å². The molecule has 0 aromatic heterocycles. The number of ketones is 3. The summed E-state index contributed by atoms with van der Waals surface area (Å²) in [6.45, 7) is 26.2. The van der Waals surface area contributed by atoms with Crippen LogP contribution in [0.4, 0.5) is 11.4 Å². The molecule has 562 valence electrons. The van der Waals surface area contributed by atoms with Gasteiger partial charge in [0.25, 0.3) is 11.8 Å². The minimum Gasteiger partial charge on any atom is -0.423 e. The molecule has 0 spiro atoms. The lowest BCUT2D eigenvalue weighted by Crippen LogP contribution is -2.36. The van der Waals surface area contributed by atoms with Gasteiger partial charge >= 0.3 is 5.97 Å². The molecule has 26 nitrogen and oxygen atoms in total. The Morgan fingerprint density at radius 1 is 0.490 bits per heavy atom. The van der Waals surface area contributed by atoms with Gasteiger partial charge in [0.1, 0.15) is 5.75 Å². The molecule has 104 heavy (non-hydrogen) atoms. The fourth-order valence-corrected chi connectivity index (χ4v) is 13.7. The van der Waals surface area contributed by atoms with E-state index in [2.05, 4.69) is 64.3 Å². The lowest BCUT2D eigenvalue weighted by atomic mass is 9.96. The van der Waals surface area contributed by atoms with Crippen LogP contribution in [0.1, 0.15) is 88.8 Å². The number of carbonyl (C=O) groups excluding carboxylic acids is 6. The number of hydrogen-bond donors (Lipinski definition) is 7. The lowest BCUT2D eigenvalue weighted by Gasteiger charge is -2.22. The number of benzene rings is 6. The van der Waals surface area contributed by atoms with E-state index in [0.29, 0.717) is 58.9 Å². The Hall–Kier alpha value is -9.32. The van der Waals surface area contributed by atoms with E-state index in [-0.39, 0.29) is 79.1 Å². The Balaban J connectivity index is 0.000000429. The number of hydrogen-bond acceptors (Lipinski definition) is 19. The molecule has 7 rings (SSSR count). The maximum Gasteiger partial charge on any atom is 0.335 e. The molecular formula is C72H89N7O19S6. The van der Waals surface area contributed by atoms with Gasteiger partial charge < -0.3 is 15.4 Å². The molecule has 6 aromatic rings. The second-order valence-electron chi connectivity index (χ2n) is 22.7. The van der Waals surface area contributed by atoms with Crippen LogP contribution in [0.2, 0.25) is 0 Å². The first kappa shape index (κ1) is 90.8. The molecule has 0 heterocycles. The van der Waals surface area contributed by atoms with Crippen LogP contribution in [0.25, 0.3) is 0 Å². The monoisotopic (exact) mass is 1550 g/mol. The van der Waals surface area contributed by atoms with Crippen molar-refractivity contribution < 1.29 is 84.0 Å². The van der Waals surface area contributed by atoms with E-state index in [1.807, 2.05) is 6.92 Å². The largest absolute Gasteiger partial charge is 0.423 e. The number of primary sulfonamides is 2. The summed E-state index contributed by atoms with van der Waals surface area (Å²) in [7, 11) is -20.8. The summed E-state index contributed by atoms with van der Waals surface area (Å²) in [6, 6.07) is 38.7. The van der Waals surface area contributed by atoms with E-state index in [0.717, 1.165) is 55.6 Å². The van der Waals surface area contributed by atoms with Gasteiger partial charge in [-0.05, 0) is 165 Å². The zero-order chi connectivity index (χ0) is 78.5. The van der Waals surface area contributed by atoms with Gasteiger partial charge in [-0.3, -0.25) is 24.0 Å². The van der Waals surface area contributed by atoms with Crippen LogP contribution in [0.15, 0.2) is 251 Å². The minimum absolute atomic E-state index is 0.0408. The highest BCUT2D eigenvalue weighted by atomic mass is 32.2. The quantitative estimate of drug-likeness (QED) is 0.00958. The molecule has 1 aliphatic carbocycles. The molecule has 0 saturated heterocycles. The maximum atomic E-state index is 12.3. The molecule has 9 N–H and O–H groups in total. The molecule has 0 unspecified atom stereocenters. The standard InChI is InChI=1S/C17H17NO3S.C16H21NO3S.C13H17NO3S.C10H12N2O3S.C9H9NO4S.C7H13NO3S/c1-13(2)17(19)18-15-10-8-14(9-11-15)12-22(20,21)16-6-4-3-5-7-16;1-2-15(18)12-13-8-10-16(11-9-13)21(19,20)17-14-6-4-3-5-7-14;1-3-9-14-18(16,17)13-7-5-11(6-8-13)10-12(15)4-2;1-7(2)10(13)12-8-4-3-5-9(6-8)16(11,14)15;1-2-9(11)14-7-3-5-8(6-4-7)15(10,12)13;1-3-7(9)5-4-6-8-12(2,10)11/h3-11H,1,12H2,2H3,(H,18,19);2,8-11,14,17H,1,3-7,12H2;4-8,14H,2-3,9-10H2,1H3;3-6H,1H2,2H3,(H,12,13)(H2,11,14,15);2-6H,1H2,(H2,10,12,13);3,8H,1,4-6H2,2H3. The zero-order valence-electron chi connectivity index (χ0n) is 58.1. The van der Waals surface area contributed by atoms with Gasteiger partial charge in [0.05, 0.1) is 36.5 Å². The van der Waals surface area contributed by atoms with Gasteiger partial charge in [-0.15, -0.1) is 0 Å². The fourth-order valence-electron chi connectivity index (χ4n) is 8.27. The number of carbonyl (C=O) groups is 6. The first-order valence-corrected chi connectivity index (χ1v) is 41.2. The molecule has 1 fully saturated rings. The van der Waals surface area contributed by atoms with Crippen LogP contribution in [-0.2, 0) is 107 Å². The average Bonchev–Trinajstić information content (AvgIpc) is 0.486. The zero-order valence-corrected chi connectivity index (χ0v) is 63.0. The molecular weight excluding hydrogens is 1460 g/mol. The summed E-state index contributed by atoms with van der Waals surface area (Å²) in [5.41, 5.74) is 3.94. The third-order valence-electron chi connectivity index (χ3n) is 13.7. The maximum absolute atomic E-state index is 12.3. The molecule has 0 aliphatic heterocycles. The van der Waals surface area contributed by atoms with E-state index in [9.17, 15) is 79.3 Å². The van der Waals surface area contributed by atoms with Gasteiger partial charge in [-0.25, -0.2) is 79.7 Å². The summed E-state index contributed by atoms with van der Waals surface area (Å²) in [4.78, 5) is 67.3. The van der Waals surface area contributed by atoms with Gasteiger partial charge in [0, 0.05) is 67.0 Å². The van der Waals surface area contributed by atoms with Crippen LogP contribution >= 0.6 is 0 Å². The van der Waals surface area contributed by atoms with Crippen molar-refractivity contribution in [1.82, 2.24) is 14.2 Å². The normalized spacial score (nSPS) is 12.1. The SMILES string of the molecule is C=C(C)C(=O)Nc1ccc(CS(=O)(=O)c2ccccc2)cc1.C=C(C)C(=O)Nc1cccc(S(N)(=O)=O)c1.C=CC(=O)CCCNS(C)(=O)=O.C=CC(=O)Cc1ccc(S(=O)(=O)NC2CCCCC2)cc1.C=CC(=O)Cc1ccc(S(=O)(=O)NCCC)cc1.C=CC(=O)Oc1ccc(S(N)(=O)=O)cc1. The lowest BCUT2D eigenvalue weighted by molar-refractivity contribution is -0.129. The second-order valence-corrected chi connectivity index (χ2v) is 33.2. The Morgan fingerprint density at radius 2 is 0.942 bits per heavy atom. The van der Waals surface area contributed by atoms with Crippen molar-refractivity contribution in [1.29, 1.82) is 0 Å². The topological polar surface area (TPSA) is 429 Å². The van der Waals surface area contributed by atoms with Crippen molar-refractivity contribution in [2.24, 2.45) is 10.3 Å². The van der Waals surface area contributed by atoms with Crippen molar-refractivity contribution in [3.05, 3.63) is 243 Å². The number of amides is 2. The van der Waals surface area contributed by atoms with Crippen LogP contribution in [0.3, 0.4) is 0 Å². The molecule has 32 heteroatoms. The third kappa shape index (κ3) is 36.7. The van der Waals surface area contributed by atoms with E-state index in [1.165, 1.54) is 79.2 Å². The smallest absolute Gasteiger partial charge is 0.335 e. The third-order valence-corrected chi connectivity index (χ3v) is 21.0. The first-order chi connectivity index (χ1) is 48.6. The molecule has 1 saturated carbocycles. The van der Waals surface area contributed by atoms with E-state index >= 15 is 0 Å². The Labute approximate surface area is 611 Å². The van der Waals surface area contributed by atoms with Gasteiger partial charge in [-0.2, -0.15) is 0 Å². The van der Waals surface area contributed by atoms with E-state index < -0.39 is 65.9 Å². The first-order valence-electron chi connectivity index (χ1n) is 31.6. The number of esters is 1. The van der Waals surface area contributed by atoms with Crippen LogP contribution in [0, 0.1) is 0 Å². The molecule has 6 aromatic carbocycles. The van der Waals surface area contributed by atoms with Crippen molar-refractivity contribution in [2.75, 3.05) is 30.0 Å². The number of rotatable bonds is 30. The van der Waals surface area contributed by atoms with Gasteiger partial charge in [-0.1, -0.05) is 126 Å². The van der Waals surface area contributed by atoms with E-state index in [4.69, 9.17) is 15.0 Å². The number of ether oxygens (including phenoxy) is 1. The number of nitrogens with one attached hydrogen (secondary N) is 5. The predicted molar refractivity (Wildman–Crippen MR) is 403 cm³/mol. The summed E-state index contributed by atoms with van der Waals surface area (Å²) in [5.74, 6) is -1.32. The number of allylic oxidation sites excluding steroid dienone is 3. The van der Waals surface area contributed by atoms with Crippen molar-refractivity contribution in [3.8, 4) is 5.75 Å². The average molecular weight is 1550 g/mol. The summed E-state index contributed by atoms with van der Waals surface area (Å²) in [5, 5.41) is 15.0. The van der Waals surface area contributed by atoms with Crippen LogP contribution in [0.5, 0.6) is 5.75 Å². The Morgan fingerprint density at radius 3 is 1.38 bits per heavy atom. The second kappa shape index (κ2) is 44.4. The van der Waals surface area contributed by atoms with Gasteiger partial charge in [0.15, 0.2) is 27.2 Å². The number of nitrogens with two attached hydrogens (primary N) is 2. The Kier molecular flexibility index (Phi) is 38.7. The van der Waals surface area contributed by atoms with Crippen molar-refractivity contribution >= 4 is 106 Å². The van der Waals surface area contributed by atoms with Crippen LogP contribution < -0.4 is 39.8 Å². The van der Waals surface area contributed by atoms with Gasteiger partial charge in [0.2, 0.25) is 50.1 Å². The van der Waals surface area contributed by atoms with E-state index in [1.54, 1.807) is 111 Å². The molecule has 1 aliphatic rings. The molecule has 0 atom stereocenters. The number of sulfone groups is 1.